The highest BCUT2D eigenvalue weighted by molar-refractivity contribution is 6.30. The predicted molar refractivity (Wildman–Crippen MR) is 67.9 cm³/mol. The van der Waals surface area contributed by atoms with Crippen LogP contribution in [0.1, 0.15) is 5.56 Å². The summed E-state index contributed by atoms with van der Waals surface area (Å²) in [7, 11) is 0. The minimum atomic E-state index is 0.0795. The van der Waals surface area contributed by atoms with Gasteiger partial charge in [0.2, 0.25) is 0 Å². The smallest absolute Gasteiger partial charge is 0.122 e. The Kier molecular flexibility index (Phi) is 2.93. The van der Waals surface area contributed by atoms with Crippen molar-refractivity contribution in [2.45, 2.75) is 0 Å². The van der Waals surface area contributed by atoms with E-state index in [9.17, 15) is 0 Å². The molecule has 0 radical (unpaired) electrons. The van der Waals surface area contributed by atoms with Gasteiger partial charge in [-0.05, 0) is 29.3 Å². The van der Waals surface area contributed by atoms with Gasteiger partial charge in [-0.15, -0.1) is 0 Å². The van der Waals surface area contributed by atoms with Crippen molar-refractivity contribution in [1.29, 1.82) is 5.41 Å². The molecule has 2 aromatic rings. The van der Waals surface area contributed by atoms with E-state index in [4.69, 9.17) is 22.7 Å². The lowest BCUT2D eigenvalue weighted by Gasteiger charge is -2.04. The van der Waals surface area contributed by atoms with Crippen LogP contribution in [0.25, 0.3) is 11.1 Å². The summed E-state index contributed by atoms with van der Waals surface area (Å²) in [6, 6.07) is 15.2. The molecule has 0 amide bonds. The van der Waals surface area contributed by atoms with Gasteiger partial charge in [0, 0.05) is 10.6 Å². The molecule has 16 heavy (non-hydrogen) atoms. The topological polar surface area (TPSA) is 49.9 Å². The molecule has 0 atom stereocenters. The van der Waals surface area contributed by atoms with Crippen molar-refractivity contribution in [2.75, 3.05) is 0 Å². The van der Waals surface area contributed by atoms with Crippen LogP contribution >= 0.6 is 11.6 Å². The van der Waals surface area contributed by atoms with E-state index in [2.05, 4.69) is 0 Å². The van der Waals surface area contributed by atoms with Crippen LogP contribution in [0.3, 0.4) is 0 Å². The fourth-order valence-corrected chi connectivity index (χ4v) is 1.63. The monoisotopic (exact) mass is 230 g/mol. The number of nitrogen functional groups attached to an aromatic ring is 1. The first-order valence-electron chi connectivity index (χ1n) is 4.87. The van der Waals surface area contributed by atoms with E-state index < -0.39 is 0 Å². The number of amidine groups is 1. The van der Waals surface area contributed by atoms with Crippen LogP contribution < -0.4 is 5.73 Å². The molecule has 0 fully saturated rings. The van der Waals surface area contributed by atoms with Crippen LogP contribution in [-0.2, 0) is 0 Å². The molecule has 2 aromatic carbocycles. The molecular weight excluding hydrogens is 220 g/mol. The van der Waals surface area contributed by atoms with Crippen molar-refractivity contribution < 1.29 is 0 Å². The van der Waals surface area contributed by atoms with Crippen molar-refractivity contribution in [3.05, 3.63) is 59.1 Å². The fourth-order valence-electron chi connectivity index (χ4n) is 1.51. The second kappa shape index (κ2) is 4.37. The highest BCUT2D eigenvalue weighted by Gasteiger charge is 2.00. The lowest BCUT2D eigenvalue weighted by atomic mass is 10.0. The molecule has 0 aromatic heterocycles. The maximum atomic E-state index is 7.39. The first-order chi connectivity index (χ1) is 7.66. The van der Waals surface area contributed by atoms with Crippen LogP contribution in [0, 0.1) is 5.41 Å². The van der Waals surface area contributed by atoms with Crippen LogP contribution in [0.15, 0.2) is 48.5 Å². The predicted octanol–water partition coefficient (Wildman–Crippen LogP) is 3.29. The third-order valence-electron chi connectivity index (χ3n) is 2.35. The van der Waals surface area contributed by atoms with Gasteiger partial charge < -0.3 is 5.73 Å². The Morgan fingerprint density at radius 2 is 1.69 bits per heavy atom. The number of hydrogen-bond acceptors (Lipinski definition) is 1. The number of nitrogens with one attached hydrogen (secondary N) is 1. The molecule has 2 rings (SSSR count). The minimum absolute atomic E-state index is 0.0795. The zero-order valence-corrected chi connectivity index (χ0v) is 9.33. The van der Waals surface area contributed by atoms with Gasteiger partial charge in [0.05, 0.1) is 0 Å². The standard InChI is InChI=1S/C13H11ClN2/c14-12-6-4-9(5-7-12)10-2-1-3-11(8-10)13(15)16/h1-8H,(H3,15,16). The molecule has 3 heteroatoms. The van der Waals surface area contributed by atoms with Crippen LogP contribution in [-0.4, -0.2) is 5.84 Å². The van der Waals surface area contributed by atoms with Crippen LogP contribution in [0.4, 0.5) is 0 Å². The van der Waals surface area contributed by atoms with Crippen molar-refractivity contribution in [2.24, 2.45) is 5.73 Å². The van der Waals surface area contributed by atoms with Crippen LogP contribution in [0.5, 0.6) is 0 Å². The quantitative estimate of drug-likeness (QED) is 0.604. The van der Waals surface area contributed by atoms with Crippen molar-refractivity contribution >= 4 is 17.4 Å². The average Bonchev–Trinajstić information content (AvgIpc) is 2.30. The van der Waals surface area contributed by atoms with E-state index in [0.29, 0.717) is 5.02 Å². The number of nitrogens with two attached hydrogens (primary N) is 1. The largest absolute Gasteiger partial charge is 0.384 e. The Balaban J connectivity index is 2.44. The second-order valence-electron chi connectivity index (χ2n) is 3.50. The van der Waals surface area contributed by atoms with E-state index >= 15 is 0 Å². The molecule has 0 heterocycles. The van der Waals surface area contributed by atoms with E-state index in [-0.39, 0.29) is 5.84 Å². The summed E-state index contributed by atoms with van der Waals surface area (Å²) < 4.78 is 0. The summed E-state index contributed by atoms with van der Waals surface area (Å²) >= 11 is 5.83. The molecular formula is C13H11ClN2. The maximum Gasteiger partial charge on any atom is 0.122 e. The average molecular weight is 231 g/mol. The normalized spacial score (nSPS) is 10.1. The Labute approximate surface area is 99.2 Å². The molecule has 0 unspecified atom stereocenters. The van der Waals surface area contributed by atoms with E-state index in [1.165, 1.54) is 0 Å². The highest BCUT2D eigenvalue weighted by atomic mass is 35.5. The molecule has 0 saturated carbocycles. The van der Waals surface area contributed by atoms with Crippen molar-refractivity contribution in [3.8, 4) is 11.1 Å². The number of halogens is 1. The summed E-state index contributed by atoms with van der Waals surface area (Å²) in [4.78, 5) is 0. The SMILES string of the molecule is N=C(N)c1cccc(-c2ccc(Cl)cc2)c1. The number of benzene rings is 2. The van der Waals surface area contributed by atoms with Crippen molar-refractivity contribution in [3.63, 3.8) is 0 Å². The van der Waals surface area contributed by atoms with E-state index in [0.717, 1.165) is 16.7 Å². The molecule has 2 nitrogen and oxygen atoms in total. The highest BCUT2D eigenvalue weighted by Crippen LogP contribution is 2.22. The molecule has 0 saturated heterocycles. The molecule has 0 aliphatic carbocycles. The molecule has 0 bridgehead atoms. The summed E-state index contributed by atoms with van der Waals surface area (Å²) in [6.45, 7) is 0. The third kappa shape index (κ3) is 2.23. The Morgan fingerprint density at radius 3 is 2.31 bits per heavy atom. The summed E-state index contributed by atoms with van der Waals surface area (Å²) in [5.41, 5.74) is 8.27. The van der Waals surface area contributed by atoms with E-state index in [1.807, 2.05) is 48.5 Å². The van der Waals surface area contributed by atoms with Gasteiger partial charge >= 0.3 is 0 Å². The van der Waals surface area contributed by atoms with Gasteiger partial charge in [-0.3, -0.25) is 5.41 Å². The number of hydrogen-bond donors (Lipinski definition) is 2. The first-order valence-corrected chi connectivity index (χ1v) is 5.25. The second-order valence-corrected chi connectivity index (χ2v) is 3.94. The van der Waals surface area contributed by atoms with Gasteiger partial charge in [-0.25, -0.2) is 0 Å². The van der Waals surface area contributed by atoms with E-state index in [1.54, 1.807) is 0 Å². The molecule has 0 spiro atoms. The Bertz CT molecular complexity index is 518. The number of rotatable bonds is 2. The Hall–Kier alpha value is -1.80. The van der Waals surface area contributed by atoms with Crippen molar-refractivity contribution in [1.82, 2.24) is 0 Å². The van der Waals surface area contributed by atoms with Gasteiger partial charge in [0.25, 0.3) is 0 Å². The van der Waals surface area contributed by atoms with Crippen LogP contribution in [0.2, 0.25) is 5.02 Å². The van der Waals surface area contributed by atoms with Gasteiger partial charge in [-0.1, -0.05) is 41.9 Å². The Morgan fingerprint density at radius 1 is 1.00 bits per heavy atom. The molecule has 3 N–H and O–H groups in total. The zero-order chi connectivity index (χ0) is 11.5. The lowest BCUT2D eigenvalue weighted by Crippen LogP contribution is -2.10. The first kappa shape index (κ1) is 10.7. The lowest BCUT2D eigenvalue weighted by molar-refractivity contribution is 1.42. The zero-order valence-electron chi connectivity index (χ0n) is 8.57. The van der Waals surface area contributed by atoms with Gasteiger partial charge in [0.1, 0.15) is 5.84 Å². The summed E-state index contributed by atoms with van der Waals surface area (Å²) in [6.07, 6.45) is 0. The minimum Gasteiger partial charge on any atom is -0.384 e. The molecule has 0 aliphatic rings. The maximum absolute atomic E-state index is 7.39. The van der Waals surface area contributed by atoms with Gasteiger partial charge in [-0.2, -0.15) is 0 Å². The molecule has 80 valence electrons. The third-order valence-corrected chi connectivity index (χ3v) is 2.60. The summed E-state index contributed by atoms with van der Waals surface area (Å²) in [5, 5.41) is 8.10. The fraction of sp³-hybridized carbons (Fsp3) is 0. The van der Waals surface area contributed by atoms with Gasteiger partial charge in [0.15, 0.2) is 0 Å². The molecule has 0 aliphatic heterocycles. The summed E-state index contributed by atoms with van der Waals surface area (Å²) in [5.74, 6) is 0.0795.